The van der Waals surface area contributed by atoms with E-state index in [1.807, 2.05) is 16.8 Å². The highest BCUT2D eigenvalue weighted by atomic mass is 35.5. The molecule has 0 spiro atoms. The Morgan fingerprint density at radius 2 is 2.17 bits per heavy atom. The Bertz CT molecular complexity index is 687. The molecule has 24 heavy (non-hydrogen) atoms. The van der Waals surface area contributed by atoms with Gasteiger partial charge in [-0.1, -0.05) is 48.7 Å². The van der Waals surface area contributed by atoms with Crippen molar-refractivity contribution in [3.8, 4) is 0 Å². The zero-order chi connectivity index (χ0) is 16.8. The lowest BCUT2D eigenvalue weighted by Gasteiger charge is -2.21. The number of tetrazole rings is 1. The third kappa shape index (κ3) is 4.70. The van der Waals surface area contributed by atoms with E-state index in [2.05, 4.69) is 20.8 Å². The van der Waals surface area contributed by atoms with E-state index in [0.717, 1.165) is 18.0 Å². The molecule has 1 aromatic heterocycles. The van der Waals surface area contributed by atoms with Crippen LogP contribution in [0.3, 0.4) is 0 Å². The molecule has 8 heteroatoms. The van der Waals surface area contributed by atoms with Gasteiger partial charge in [-0.05, 0) is 41.5 Å². The predicted molar refractivity (Wildman–Crippen MR) is 95.4 cm³/mol. The van der Waals surface area contributed by atoms with Crippen LogP contribution in [0.4, 0.5) is 5.69 Å². The van der Waals surface area contributed by atoms with Gasteiger partial charge in [-0.15, -0.1) is 5.10 Å². The number of nitrogens with one attached hydrogen (secondary N) is 1. The van der Waals surface area contributed by atoms with E-state index in [4.69, 9.17) is 11.6 Å². The van der Waals surface area contributed by atoms with Gasteiger partial charge < -0.3 is 5.32 Å². The minimum Gasteiger partial charge on any atom is -0.326 e. The molecule has 1 N–H and O–H groups in total. The Kier molecular flexibility index (Phi) is 6.09. The number of hydrogen-bond acceptors (Lipinski definition) is 5. The fraction of sp³-hybridized carbons (Fsp3) is 0.500. The van der Waals surface area contributed by atoms with Crippen molar-refractivity contribution in [2.24, 2.45) is 0 Å². The molecule has 1 aliphatic rings. The molecule has 0 atom stereocenters. The standard InChI is InChI=1S/C16H20ClN5OS/c17-12-5-4-6-13(11-12)18-15(23)9-10-24-16-19-20-21-22(16)14-7-2-1-3-8-14/h4-6,11,14H,1-3,7-10H2,(H,18,23). The zero-order valence-electron chi connectivity index (χ0n) is 13.3. The van der Waals surface area contributed by atoms with Crippen molar-refractivity contribution < 1.29 is 4.79 Å². The highest BCUT2D eigenvalue weighted by Gasteiger charge is 2.20. The van der Waals surface area contributed by atoms with Gasteiger partial charge in [0, 0.05) is 22.9 Å². The summed E-state index contributed by atoms with van der Waals surface area (Å²) < 4.78 is 1.93. The summed E-state index contributed by atoms with van der Waals surface area (Å²) in [7, 11) is 0. The lowest BCUT2D eigenvalue weighted by Crippen LogP contribution is -2.16. The molecule has 0 unspecified atom stereocenters. The number of amides is 1. The normalized spacial score (nSPS) is 15.4. The van der Waals surface area contributed by atoms with Gasteiger partial charge in [0.25, 0.3) is 0 Å². The molecule has 0 radical (unpaired) electrons. The van der Waals surface area contributed by atoms with Crippen LogP contribution in [-0.4, -0.2) is 31.9 Å². The molecular weight excluding hydrogens is 346 g/mol. The largest absolute Gasteiger partial charge is 0.326 e. The first kappa shape index (κ1) is 17.2. The van der Waals surface area contributed by atoms with Gasteiger partial charge in [0.1, 0.15) is 0 Å². The molecule has 0 aliphatic heterocycles. The van der Waals surface area contributed by atoms with Gasteiger partial charge in [0.15, 0.2) is 0 Å². The highest BCUT2D eigenvalue weighted by molar-refractivity contribution is 7.99. The minimum atomic E-state index is -0.0403. The molecule has 1 saturated carbocycles. The molecule has 1 fully saturated rings. The van der Waals surface area contributed by atoms with E-state index >= 15 is 0 Å². The van der Waals surface area contributed by atoms with E-state index in [0.29, 0.717) is 28.9 Å². The van der Waals surface area contributed by atoms with Crippen LogP contribution in [0.15, 0.2) is 29.4 Å². The second-order valence-corrected chi connectivity index (χ2v) is 7.35. The van der Waals surface area contributed by atoms with Crippen LogP contribution in [0.2, 0.25) is 5.02 Å². The van der Waals surface area contributed by atoms with Crippen LogP contribution in [0, 0.1) is 0 Å². The van der Waals surface area contributed by atoms with Crippen LogP contribution in [0.1, 0.15) is 44.6 Å². The van der Waals surface area contributed by atoms with Gasteiger partial charge in [-0.2, -0.15) is 0 Å². The summed E-state index contributed by atoms with van der Waals surface area (Å²) in [5.74, 6) is 0.598. The first-order valence-corrected chi connectivity index (χ1v) is 9.55. The van der Waals surface area contributed by atoms with Gasteiger partial charge in [0.05, 0.1) is 6.04 Å². The molecule has 1 aliphatic carbocycles. The van der Waals surface area contributed by atoms with Gasteiger partial charge >= 0.3 is 0 Å². The number of benzene rings is 1. The number of hydrogen-bond donors (Lipinski definition) is 1. The molecule has 1 aromatic carbocycles. The molecule has 128 valence electrons. The maximum atomic E-state index is 12.0. The fourth-order valence-corrected chi connectivity index (χ4v) is 3.93. The molecule has 6 nitrogen and oxygen atoms in total. The molecule has 0 bridgehead atoms. The fourth-order valence-electron chi connectivity index (χ4n) is 2.86. The van der Waals surface area contributed by atoms with Gasteiger partial charge in [0.2, 0.25) is 11.1 Å². The van der Waals surface area contributed by atoms with E-state index in [9.17, 15) is 4.79 Å². The number of carbonyl (C=O) groups is 1. The topological polar surface area (TPSA) is 72.7 Å². The van der Waals surface area contributed by atoms with E-state index in [-0.39, 0.29) is 5.91 Å². The van der Waals surface area contributed by atoms with E-state index in [1.54, 1.807) is 12.1 Å². The van der Waals surface area contributed by atoms with Gasteiger partial charge in [-0.3, -0.25) is 4.79 Å². The van der Waals surface area contributed by atoms with E-state index < -0.39 is 0 Å². The lowest BCUT2D eigenvalue weighted by molar-refractivity contribution is -0.115. The number of rotatable bonds is 6. The van der Waals surface area contributed by atoms with Crippen LogP contribution < -0.4 is 5.32 Å². The second-order valence-electron chi connectivity index (χ2n) is 5.85. The predicted octanol–water partition coefficient (Wildman–Crippen LogP) is 3.95. The average molecular weight is 366 g/mol. The third-order valence-corrected chi connectivity index (χ3v) is 5.22. The Labute approximate surface area is 150 Å². The Hall–Kier alpha value is -1.60. The van der Waals surface area contributed by atoms with Gasteiger partial charge in [-0.25, -0.2) is 4.68 Å². The minimum absolute atomic E-state index is 0.0403. The number of halogens is 1. The number of nitrogens with zero attached hydrogens (tertiary/aromatic N) is 4. The smallest absolute Gasteiger partial charge is 0.225 e. The van der Waals surface area contributed by atoms with Crippen molar-refractivity contribution in [2.75, 3.05) is 11.1 Å². The molecule has 2 aromatic rings. The van der Waals surface area contributed by atoms with Crippen LogP contribution >= 0.6 is 23.4 Å². The van der Waals surface area contributed by atoms with E-state index in [1.165, 1.54) is 31.0 Å². The van der Waals surface area contributed by atoms with Crippen molar-refractivity contribution in [1.29, 1.82) is 0 Å². The summed E-state index contributed by atoms with van der Waals surface area (Å²) in [6.45, 7) is 0. The summed E-state index contributed by atoms with van der Waals surface area (Å²) in [5, 5.41) is 16.3. The van der Waals surface area contributed by atoms with Crippen LogP contribution in [-0.2, 0) is 4.79 Å². The molecule has 1 amide bonds. The number of thioether (sulfide) groups is 1. The summed E-state index contributed by atoms with van der Waals surface area (Å²) in [5.41, 5.74) is 0.713. The summed E-state index contributed by atoms with van der Waals surface area (Å²) >= 11 is 7.44. The molecular formula is C16H20ClN5OS. The SMILES string of the molecule is O=C(CCSc1nnnn1C1CCCCC1)Nc1cccc(Cl)c1. The number of anilines is 1. The van der Waals surface area contributed by atoms with Crippen molar-refractivity contribution in [3.05, 3.63) is 29.3 Å². The van der Waals surface area contributed by atoms with Crippen LogP contribution in [0.25, 0.3) is 0 Å². The summed E-state index contributed by atoms with van der Waals surface area (Å²) in [6, 6.07) is 7.54. The maximum Gasteiger partial charge on any atom is 0.225 e. The highest BCUT2D eigenvalue weighted by Crippen LogP contribution is 2.30. The Morgan fingerprint density at radius 1 is 1.33 bits per heavy atom. The first-order chi connectivity index (χ1) is 11.7. The van der Waals surface area contributed by atoms with Crippen LogP contribution in [0.5, 0.6) is 0 Å². The summed E-state index contributed by atoms with van der Waals surface area (Å²) in [4.78, 5) is 12.0. The average Bonchev–Trinajstić information content (AvgIpc) is 3.04. The molecule has 0 saturated heterocycles. The zero-order valence-corrected chi connectivity index (χ0v) is 14.9. The maximum absolute atomic E-state index is 12.0. The van der Waals surface area contributed by atoms with Crippen molar-refractivity contribution in [1.82, 2.24) is 20.2 Å². The Balaban J connectivity index is 1.48. The monoisotopic (exact) mass is 365 g/mol. The number of carbonyl (C=O) groups excluding carboxylic acids is 1. The first-order valence-electron chi connectivity index (χ1n) is 8.18. The summed E-state index contributed by atoms with van der Waals surface area (Å²) in [6.07, 6.45) is 6.43. The van der Waals surface area contributed by atoms with Crippen molar-refractivity contribution in [2.45, 2.75) is 49.7 Å². The second kappa shape index (κ2) is 8.48. The third-order valence-electron chi connectivity index (χ3n) is 4.05. The molecule has 3 rings (SSSR count). The lowest BCUT2D eigenvalue weighted by atomic mass is 9.96. The quantitative estimate of drug-likeness (QED) is 0.784. The Morgan fingerprint density at radius 3 is 2.96 bits per heavy atom. The molecule has 1 heterocycles. The number of aromatic nitrogens is 4. The van der Waals surface area contributed by atoms with Crippen molar-refractivity contribution in [3.63, 3.8) is 0 Å². The van der Waals surface area contributed by atoms with Crippen molar-refractivity contribution >= 4 is 35.0 Å².